The zero-order valence-electron chi connectivity index (χ0n) is 13.8. The molecule has 1 fully saturated rings. The summed E-state index contributed by atoms with van der Waals surface area (Å²) in [4.78, 5) is 17.0. The van der Waals surface area contributed by atoms with Gasteiger partial charge in [-0.15, -0.1) is 0 Å². The van der Waals surface area contributed by atoms with Crippen LogP contribution in [0.15, 0.2) is 38.1 Å². The first-order valence-corrected chi connectivity index (χ1v) is 8.35. The van der Waals surface area contributed by atoms with Crippen LogP contribution in [-0.4, -0.2) is 21.2 Å². The Labute approximate surface area is 143 Å². The molecule has 0 bridgehead atoms. The maximum atomic E-state index is 12.5. The zero-order valence-corrected chi connectivity index (χ0v) is 13.8. The summed E-state index contributed by atoms with van der Waals surface area (Å²) >= 11 is 0. The number of nitrogens with zero attached hydrogens (tertiary/aromatic N) is 3. The lowest BCUT2D eigenvalue weighted by Gasteiger charge is -2.08. The van der Waals surface area contributed by atoms with E-state index in [9.17, 15) is 4.79 Å². The van der Waals surface area contributed by atoms with Crippen molar-refractivity contribution in [2.75, 3.05) is 0 Å². The van der Waals surface area contributed by atoms with E-state index in [1.807, 2.05) is 0 Å². The second-order valence-electron chi connectivity index (χ2n) is 6.21. The predicted octanol–water partition coefficient (Wildman–Crippen LogP) is 3.47. The number of carbonyl (C=O) groups is 1. The molecule has 25 heavy (non-hydrogen) atoms. The smallest absolute Gasteiger partial charge is 0.257 e. The first-order chi connectivity index (χ1) is 12.2. The molecule has 0 aliphatic heterocycles. The minimum atomic E-state index is -0.422. The lowest BCUT2D eigenvalue weighted by molar-refractivity contribution is 0.0932. The third kappa shape index (κ3) is 3.07. The van der Waals surface area contributed by atoms with Crippen LogP contribution in [0.2, 0.25) is 0 Å². The summed E-state index contributed by atoms with van der Waals surface area (Å²) in [5.41, 5.74) is 0.289. The Bertz CT molecular complexity index is 846. The van der Waals surface area contributed by atoms with Crippen LogP contribution in [0.5, 0.6) is 0 Å². The van der Waals surface area contributed by atoms with Crippen LogP contribution < -0.4 is 5.32 Å². The SMILES string of the molecule is C[C@H](NC(=O)c1cnoc1-c1ccco1)c1nc(C2CCCC2)no1. The standard InChI is InChI=1S/C17H18N4O4/c1-10(17-20-15(21-25-17)11-5-2-3-6-11)19-16(22)12-9-18-24-14(12)13-7-4-8-23-13/h4,7-11H,2-3,5-6H2,1H3,(H,19,22)/t10-/m0/s1. The van der Waals surface area contributed by atoms with Crippen LogP contribution in [0.25, 0.3) is 11.5 Å². The van der Waals surface area contributed by atoms with Gasteiger partial charge in [-0.1, -0.05) is 23.2 Å². The molecule has 8 heteroatoms. The van der Waals surface area contributed by atoms with Crippen molar-refractivity contribution in [3.8, 4) is 11.5 Å². The van der Waals surface area contributed by atoms with Crippen LogP contribution in [0.3, 0.4) is 0 Å². The second kappa shape index (κ2) is 6.54. The Balaban J connectivity index is 1.47. The Morgan fingerprint density at radius 1 is 1.32 bits per heavy atom. The first-order valence-electron chi connectivity index (χ1n) is 8.35. The quantitative estimate of drug-likeness (QED) is 0.756. The van der Waals surface area contributed by atoms with E-state index in [2.05, 4.69) is 20.6 Å². The van der Waals surface area contributed by atoms with Crippen molar-refractivity contribution in [3.63, 3.8) is 0 Å². The van der Waals surface area contributed by atoms with E-state index < -0.39 is 6.04 Å². The molecule has 0 spiro atoms. The van der Waals surface area contributed by atoms with E-state index in [-0.39, 0.29) is 17.2 Å². The summed E-state index contributed by atoms with van der Waals surface area (Å²) in [5.74, 6) is 1.87. The molecule has 1 N–H and O–H groups in total. The number of nitrogens with one attached hydrogen (secondary N) is 1. The van der Waals surface area contributed by atoms with E-state index in [4.69, 9.17) is 13.5 Å². The van der Waals surface area contributed by atoms with Crippen molar-refractivity contribution in [2.45, 2.75) is 44.6 Å². The number of aromatic nitrogens is 3. The van der Waals surface area contributed by atoms with Gasteiger partial charge in [0.15, 0.2) is 11.6 Å². The third-order valence-electron chi connectivity index (χ3n) is 4.46. The Morgan fingerprint density at radius 3 is 2.92 bits per heavy atom. The molecule has 1 aliphatic carbocycles. The fourth-order valence-corrected chi connectivity index (χ4v) is 3.10. The van der Waals surface area contributed by atoms with E-state index in [0.717, 1.165) is 18.7 Å². The molecular formula is C17H18N4O4. The largest absolute Gasteiger partial charge is 0.461 e. The van der Waals surface area contributed by atoms with Crippen molar-refractivity contribution < 1.29 is 18.3 Å². The molecule has 8 nitrogen and oxygen atoms in total. The fourth-order valence-electron chi connectivity index (χ4n) is 3.10. The monoisotopic (exact) mass is 342 g/mol. The summed E-state index contributed by atoms with van der Waals surface area (Å²) in [6, 6.07) is 2.99. The van der Waals surface area contributed by atoms with Gasteiger partial charge in [0.1, 0.15) is 11.6 Å². The van der Waals surface area contributed by atoms with Gasteiger partial charge in [-0.05, 0) is 31.9 Å². The number of carbonyl (C=O) groups excluding carboxylic acids is 1. The number of amides is 1. The molecule has 0 unspecified atom stereocenters. The molecular weight excluding hydrogens is 324 g/mol. The highest BCUT2D eigenvalue weighted by Gasteiger charge is 2.26. The van der Waals surface area contributed by atoms with E-state index in [1.54, 1.807) is 19.1 Å². The molecule has 0 radical (unpaired) electrons. The van der Waals surface area contributed by atoms with Gasteiger partial charge >= 0.3 is 0 Å². The Hall–Kier alpha value is -2.90. The average Bonchev–Trinajstić information content (AvgIpc) is 3.43. The maximum Gasteiger partial charge on any atom is 0.257 e. The molecule has 3 aromatic heterocycles. The summed E-state index contributed by atoms with van der Waals surface area (Å²) < 4.78 is 15.7. The molecule has 1 atom stereocenters. The predicted molar refractivity (Wildman–Crippen MR) is 85.6 cm³/mol. The normalized spacial score (nSPS) is 16.2. The van der Waals surface area contributed by atoms with E-state index in [1.165, 1.54) is 25.3 Å². The molecule has 1 aliphatic rings. The maximum absolute atomic E-state index is 12.5. The van der Waals surface area contributed by atoms with Gasteiger partial charge in [0.05, 0.1) is 12.5 Å². The summed E-state index contributed by atoms with van der Waals surface area (Å²) in [5, 5.41) is 10.6. The van der Waals surface area contributed by atoms with Crippen molar-refractivity contribution in [1.29, 1.82) is 0 Å². The summed E-state index contributed by atoms with van der Waals surface area (Å²) in [6.07, 6.45) is 7.44. The topological polar surface area (TPSA) is 107 Å². The minimum absolute atomic E-state index is 0.284. The van der Waals surface area contributed by atoms with Gasteiger partial charge in [-0.3, -0.25) is 4.79 Å². The fraction of sp³-hybridized carbons (Fsp3) is 0.412. The highest BCUT2D eigenvalue weighted by Crippen LogP contribution is 2.32. The van der Waals surface area contributed by atoms with E-state index in [0.29, 0.717) is 17.6 Å². The van der Waals surface area contributed by atoms with Crippen LogP contribution >= 0.6 is 0 Å². The van der Waals surface area contributed by atoms with Crippen LogP contribution in [-0.2, 0) is 0 Å². The highest BCUT2D eigenvalue weighted by atomic mass is 16.5. The molecule has 1 saturated carbocycles. The molecule has 3 heterocycles. The van der Waals surface area contributed by atoms with Gasteiger partial charge in [-0.25, -0.2) is 0 Å². The molecule has 1 amide bonds. The van der Waals surface area contributed by atoms with Crippen molar-refractivity contribution >= 4 is 5.91 Å². The average molecular weight is 342 g/mol. The first kappa shape index (κ1) is 15.6. The molecule has 0 saturated heterocycles. The number of hydrogen-bond donors (Lipinski definition) is 1. The summed E-state index contributed by atoms with van der Waals surface area (Å²) in [6.45, 7) is 1.80. The molecule has 4 rings (SSSR count). The Kier molecular flexibility index (Phi) is 4.09. The lowest BCUT2D eigenvalue weighted by atomic mass is 10.1. The van der Waals surface area contributed by atoms with Crippen LogP contribution in [0.1, 0.15) is 66.6 Å². The van der Waals surface area contributed by atoms with Crippen molar-refractivity contribution in [2.24, 2.45) is 0 Å². The number of hydrogen-bond acceptors (Lipinski definition) is 7. The summed E-state index contributed by atoms with van der Waals surface area (Å²) in [7, 11) is 0. The van der Waals surface area contributed by atoms with Gasteiger partial charge in [0, 0.05) is 5.92 Å². The molecule has 3 aromatic rings. The third-order valence-corrected chi connectivity index (χ3v) is 4.46. The zero-order chi connectivity index (χ0) is 17.2. The van der Waals surface area contributed by atoms with Crippen molar-refractivity contribution in [1.82, 2.24) is 20.6 Å². The van der Waals surface area contributed by atoms with Crippen LogP contribution in [0, 0.1) is 0 Å². The van der Waals surface area contributed by atoms with Crippen LogP contribution in [0.4, 0.5) is 0 Å². The van der Waals surface area contributed by atoms with Gasteiger partial charge in [0.2, 0.25) is 11.7 Å². The minimum Gasteiger partial charge on any atom is -0.461 e. The highest BCUT2D eigenvalue weighted by molar-refractivity contribution is 5.98. The molecule has 0 aromatic carbocycles. The van der Waals surface area contributed by atoms with Gasteiger partial charge < -0.3 is 18.8 Å². The van der Waals surface area contributed by atoms with Crippen molar-refractivity contribution in [3.05, 3.63) is 41.9 Å². The van der Waals surface area contributed by atoms with Gasteiger partial charge in [0.25, 0.3) is 5.91 Å². The van der Waals surface area contributed by atoms with Gasteiger partial charge in [-0.2, -0.15) is 4.98 Å². The second-order valence-corrected chi connectivity index (χ2v) is 6.21. The molecule has 130 valence electrons. The lowest BCUT2D eigenvalue weighted by Crippen LogP contribution is -2.27. The number of rotatable bonds is 5. The Morgan fingerprint density at radius 2 is 2.16 bits per heavy atom. The number of furan rings is 1. The van der Waals surface area contributed by atoms with E-state index >= 15 is 0 Å².